The molecule has 13 nitrogen and oxygen atoms in total. The second-order valence-electron chi connectivity index (χ2n) is 14.5. The summed E-state index contributed by atoms with van der Waals surface area (Å²) in [6, 6.07) is 16.5. The summed E-state index contributed by atoms with van der Waals surface area (Å²) in [5.41, 5.74) is 1.49. The van der Waals surface area contributed by atoms with Crippen molar-refractivity contribution in [1.29, 1.82) is 0 Å². The van der Waals surface area contributed by atoms with Gasteiger partial charge in [0.15, 0.2) is 0 Å². The van der Waals surface area contributed by atoms with E-state index in [1.54, 1.807) is 54.7 Å². The van der Waals surface area contributed by atoms with Crippen molar-refractivity contribution >= 4 is 54.4 Å². The van der Waals surface area contributed by atoms with Crippen LogP contribution in [0.5, 0.6) is 0 Å². The molecule has 4 bridgehead atoms. The number of aromatic amines is 1. The predicted octanol–water partition coefficient (Wildman–Crippen LogP) is 3.56. The van der Waals surface area contributed by atoms with Crippen LogP contribution >= 0.6 is 0 Å². The highest BCUT2D eigenvalue weighted by atomic mass is 32.2. The highest BCUT2D eigenvalue weighted by Gasteiger charge is 2.50. The largest absolute Gasteiger partial charge is 0.361 e. The molecule has 1 heterocycles. The number of fused-ring (bicyclic) bond motifs is 1. The number of amides is 3. The van der Waals surface area contributed by atoms with E-state index in [-0.39, 0.29) is 34.7 Å². The molecule has 51 heavy (non-hydrogen) atoms. The molecular formula is C36H40N6O7S2. The Bertz CT molecular complexity index is 2170. The van der Waals surface area contributed by atoms with Crippen molar-refractivity contribution in [2.75, 3.05) is 18.4 Å². The number of H-pyrrole nitrogens is 1. The Balaban J connectivity index is 1.12. The second kappa shape index (κ2) is 13.2. The van der Waals surface area contributed by atoms with Crippen molar-refractivity contribution < 1.29 is 31.2 Å². The maximum Gasteiger partial charge on any atom is 0.252 e. The van der Waals surface area contributed by atoms with Gasteiger partial charge in [0.2, 0.25) is 26.0 Å². The minimum Gasteiger partial charge on any atom is -0.361 e. The van der Waals surface area contributed by atoms with Crippen molar-refractivity contribution in [3.63, 3.8) is 0 Å². The monoisotopic (exact) mass is 732 g/mol. The van der Waals surface area contributed by atoms with E-state index in [4.69, 9.17) is 10.3 Å². The van der Waals surface area contributed by atoms with E-state index < -0.39 is 47.6 Å². The van der Waals surface area contributed by atoms with Crippen molar-refractivity contribution in [1.82, 2.24) is 15.6 Å². The normalized spacial score (nSPS) is 23.1. The summed E-state index contributed by atoms with van der Waals surface area (Å²) in [6.45, 7) is 0.348. The number of anilines is 1. The van der Waals surface area contributed by atoms with Crippen LogP contribution in [0.1, 0.15) is 70.7 Å². The van der Waals surface area contributed by atoms with Crippen LogP contribution in [0.15, 0.2) is 82.7 Å². The molecule has 8 N–H and O–H groups in total. The summed E-state index contributed by atoms with van der Waals surface area (Å²) >= 11 is 0. The first-order chi connectivity index (χ1) is 24.2. The zero-order valence-electron chi connectivity index (χ0n) is 27.7. The molecule has 15 heteroatoms. The molecule has 268 valence electrons. The van der Waals surface area contributed by atoms with Crippen LogP contribution in [0.3, 0.4) is 0 Å². The maximum atomic E-state index is 13.9. The topological polar surface area (TPSA) is 223 Å². The Morgan fingerprint density at radius 2 is 1.33 bits per heavy atom. The van der Waals surface area contributed by atoms with E-state index >= 15 is 0 Å². The highest BCUT2D eigenvalue weighted by molar-refractivity contribution is 7.90. The molecule has 0 spiro atoms. The van der Waals surface area contributed by atoms with Crippen LogP contribution in [0.25, 0.3) is 10.9 Å². The van der Waals surface area contributed by atoms with Gasteiger partial charge in [0.25, 0.3) is 11.8 Å². The molecule has 1 atom stereocenters. The molecule has 4 saturated carbocycles. The number of aromatic nitrogens is 1. The number of primary sulfonamides is 2. The van der Waals surface area contributed by atoms with Crippen molar-refractivity contribution in [2.24, 2.45) is 33.4 Å². The van der Waals surface area contributed by atoms with Crippen molar-refractivity contribution in [3.8, 4) is 0 Å². The first kappa shape index (κ1) is 34.9. The quantitative estimate of drug-likeness (QED) is 0.134. The Morgan fingerprint density at radius 1 is 0.765 bits per heavy atom. The van der Waals surface area contributed by atoms with Crippen molar-refractivity contribution in [3.05, 3.63) is 89.6 Å². The lowest BCUT2D eigenvalue weighted by molar-refractivity contribution is -0.117. The molecule has 3 amide bonds. The van der Waals surface area contributed by atoms with Crippen LogP contribution < -0.4 is 26.2 Å². The highest BCUT2D eigenvalue weighted by Crippen LogP contribution is 2.59. The number of rotatable bonds is 11. The van der Waals surface area contributed by atoms with Gasteiger partial charge in [-0.25, -0.2) is 27.1 Å². The van der Waals surface area contributed by atoms with E-state index in [9.17, 15) is 31.2 Å². The number of benzene rings is 3. The van der Waals surface area contributed by atoms with Gasteiger partial charge in [-0.15, -0.1) is 0 Å². The van der Waals surface area contributed by atoms with Gasteiger partial charge in [0.1, 0.15) is 0 Å². The van der Waals surface area contributed by atoms with Crippen LogP contribution in [0.4, 0.5) is 5.69 Å². The number of nitrogens with one attached hydrogen (secondary N) is 4. The average Bonchev–Trinajstić information content (AvgIpc) is 3.53. The first-order valence-corrected chi connectivity index (χ1v) is 20.0. The van der Waals surface area contributed by atoms with Crippen molar-refractivity contribution in [2.45, 2.75) is 54.2 Å². The minimum atomic E-state index is -4.37. The van der Waals surface area contributed by atoms with Gasteiger partial charge in [0, 0.05) is 35.9 Å². The third kappa shape index (κ3) is 7.42. The number of carbonyl (C=O) groups excluding carboxylic acids is 3. The number of sulfonamides is 2. The summed E-state index contributed by atoms with van der Waals surface area (Å²) in [6.07, 6.45) is 8.99. The molecular weight excluding hydrogens is 693 g/mol. The predicted molar refractivity (Wildman–Crippen MR) is 191 cm³/mol. The summed E-state index contributed by atoms with van der Waals surface area (Å²) < 4.78 is 48.4. The summed E-state index contributed by atoms with van der Waals surface area (Å²) in [4.78, 5) is 43.5. The molecule has 4 aliphatic rings. The zero-order chi connectivity index (χ0) is 36.1. The summed E-state index contributed by atoms with van der Waals surface area (Å²) in [5, 5.41) is 19.8. The van der Waals surface area contributed by atoms with Gasteiger partial charge in [-0.2, -0.15) is 0 Å². The fourth-order valence-corrected chi connectivity index (χ4v) is 10.1. The number of hydrogen-bond donors (Lipinski definition) is 6. The van der Waals surface area contributed by atoms with Crippen LogP contribution in [0.2, 0.25) is 0 Å². The third-order valence-corrected chi connectivity index (χ3v) is 12.5. The zero-order valence-corrected chi connectivity index (χ0v) is 29.4. The molecule has 4 fully saturated rings. The molecule has 4 aliphatic carbocycles. The van der Waals surface area contributed by atoms with E-state index in [0.717, 1.165) is 60.6 Å². The first-order valence-electron chi connectivity index (χ1n) is 16.9. The fraction of sp³-hybridized carbons (Fsp3) is 0.361. The lowest BCUT2D eigenvalue weighted by Crippen LogP contribution is -2.51. The fourth-order valence-electron chi connectivity index (χ4n) is 8.88. The molecule has 0 saturated heterocycles. The van der Waals surface area contributed by atoms with Crippen LogP contribution in [-0.4, -0.2) is 52.6 Å². The minimum absolute atomic E-state index is 0.0998. The number of carbonyl (C=O) groups is 3. The number of nitrogens with two attached hydrogens (primary N) is 2. The van der Waals surface area contributed by atoms with Gasteiger partial charge in [-0.1, -0.05) is 30.3 Å². The van der Waals surface area contributed by atoms with Gasteiger partial charge in [0.05, 0.1) is 26.8 Å². The Kier molecular flexibility index (Phi) is 9.02. The summed E-state index contributed by atoms with van der Waals surface area (Å²) in [5.74, 6) is -0.419. The van der Waals surface area contributed by atoms with Gasteiger partial charge >= 0.3 is 0 Å². The van der Waals surface area contributed by atoms with Crippen LogP contribution in [-0.2, 0) is 24.8 Å². The van der Waals surface area contributed by atoms with Crippen LogP contribution in [0, 0.1) is 23.2 Å². The SMILES string of the molecule is NS(=O)(=O)c1cc(NC(=O)C(CNC(=O)c2cc3cc[nH]c3cc2C(=O)NCC23CC4CC(CC(C4)C2)C3)c2ccccc2)cc(S(N)(=O)=O)c1. The molecule has 1 aromatic heterocycles. The molecule has 3 aromatic carbocycles. The third-order valence-electron chi connectivity index (χ3n) is 10.8. The Labute approximate surface area is 296 Å². The lowest BCUT2D eigenvalue weighted by Gasteiger charge is -2.56. The molecule has 0 aliphatic heterocycles. The summed E-state index contributed by atoms with van der Waals surface area (Å²) in [7, 11) is -8.74. The Morgan fingerprint density at radius 3 is 1.92 bits per heavy atom. The van der Waals surface area contributed by atoms with Gasteiger partial charge in [-0.3, -0.25) is 14.4 Å². The van der Waals surface area contributed by atoms with E-state index in [2.05, 4.69) is 20.9 Å². The molecule has 4 aromatic rings. The smallest absolute Gasteiger partial charge is 0.252 e. The second-order valence-corrected chi connectivity index (χ2v) is 17.6. The maximum absolute atomic E-state index is 13.9. The molecule has 8 rings (SSSR count). The lowest BCUT2D eigenvalue weighted by atomic mass is 9.49. The Hall–Kier alpha value is -4.57. The van der Waals surface area contributed by atoms with E-state index in [1.807, 2.05) is 0 Å². The number of hydrogen-bond acceptors (Lipinski definition) is 7. The van der Waals surface area contributed by atoms with E-state index in [1.165, 1.54) is 19.3 Å². The van der Waals surface area contributed by atoms with E-state index in [0.29, 0.717) is 17.6 Å². The average molecular weight is 733 g/mol. The molecule has 1 unspecified atom stereocenters. The standard InChI is InChI=1S/C36H40N6O7S2/c37-50(46,47)27-12-26(13-28(14-27)51(38,48)49)42-35(45)31(24-4-2-1-3-5-24)19-40-33(43)29-11-25-6-7-39-32(25)15-30(29)34(44)41-20-36-16-21-8-22(17-36)10-23(9-21)18-36/h1-7,11-15,21-23,31,39H,8-10,16-20H2,(H,40,43)(H,41,44)(H,42,45)(H2,37,46,47)(H2,38,48,49). The molecule has 0 radical (unpaired) electrons. The van der Waals surface area contributed by atoms with Gasteiger partial charge < -0.3 is 20.9 Å². The van der Waals surface area contributed by atoms with Gasteiger partial charge in [-0.05, 0) is 104 Å².